The summed E-state index contributed by atoms with van der Waals surface area (Å²) in [7, 11) is 0. The zero-order chi connectivity index (χ0) is 10.4. The van der Waals surface area contributed by atoms with Crippen LogP contribution in [-0.2, 0) is 4.74 Å². The van der Waals surface area contributed by atoms with Crippen molar-refractivity contribution in [2.75, 3.05) is 19.8 Å². The van der Waals surface area contributed by atoms with Gasteiger partial charge in [0.1, 0.15) is 0 Å². The Morgan fingerprint density at radius 2 is 2.07 bits per heavy atom. The number of hydrogen-bond donors (Lipinski definition) is 1. The van der Waals surface area contributed by atoms with Gasteiger partial charge in [-0.2, -0.15) is 0 Å². The van der Waals surface area contributed by atoms with Gasteiger partial charge in [-0.25, -0.2) is 0 Å². The molecule has 2 heteroatoms. The molecule has 0 bridgehead atoms. The normalized spacial score (nSPS) is 18.9. The third-order valence-electron chi connectivity index (χ3n) is 3.03. The van der Waals surface area contributed by atoms with E-state index >= 15 is 0 Å². The molecule has 0 spiro atoms. The lowest BCUT2D eigenvalue weighted by Crippen LogP contribution is -2.28. The fraction of sp³-hybridized carbons (Fsp3) is 1.00. The molecule has 0 amide bonds. The van der Waals surface area contributed by atoms with Gasteiger partial charge in [0.05, 0.1) is 0 Å². The Labute approximate surface area is 88.4 Å². The van der Waals surface area contributed by atoms with Gasteiger partial charge in [0.2, 0.25) is 0 Å². The van der Waals surface area contributed by atoms with Crippen molar-refractivity contribution in [1.29, 1.82) is 0 Å². The molecule has 0 aromatic rings. The highest BCUT2D eigenvalue weighted by atomic mass is 16.5. The fourth-order valence-corrected chi connectivity index (χ4v) is 1.66. The summed E-state index contributed by atoms with van der Waals surface area (Å²) in [5.41, 5.74) is 0. The van der Waals surface area contributed by atoms with Gasteiger partial charge in [0.15, 0.2) is 0 Å². The Morgan fingerprint density at radius 3 is 2.57 bits per heavy atom. The summed E-state index contributed by atoms with van der Waals surface area (Å²) >= 11 is 0. The number of hydrogen-bond acceptors (Lipinski definition) is 2. The number of ether oxygens (including phenoxy) is 1. The highest BCUT2D eigenvalue weighted by Crippen LogP contribution is 2.21. The molecule has 0 heterocycles. The van der Waals surface area contributed by atoms with E-state index in [0.717, 1.165) is 31.1 Å². The largest absolute Gasteiger partial charge is 0.382 e. The predicted octanol–water partition coefficient (Wildman–Crippen LogP) is 2.44. The molecular weight excluding hydrogens is 174 g/mol. The maximum Gasteiger partial charge on any atom is 0.0469 e. The van der Waals surface area contributed by atoms with Gasteiger partial charge in [-0.05, 0) is 44.6 Å². The summed E-state index contributed by atoms with van der Waals surface area (Å²) in [4.78, 5) is 0. The van der Waals surface area contributed by atoms with Crippen molar-refractivity contribution in [1.82, 2.24) is 5.32 Å². The van der Waals surface area contributed by atoms with Crippen LogP contribution in [0.4, 0.5) is 0 Å². The van der Waals surface area contributed by atoms with Gasteiger partial charge in [-0.3, -0.25) is 0 Å². The average molecular weight is 199 g/mol. The van der Waals surface area contributed by atoms with Crippen LogP contribution < -0.4 is 5.32 Å². The lowest BCUT2D eigenvalue weighted by Gasteiger charge is -2.21. The minimum Gasteiger partial charge on any atom is -0.382 e. The first-order valence-electron chi connectivity index (χ1n) is 6.05. The van der Waals surface area contributed by atoms with Gasteiger partial charge >= 0.3 is 0 Å². The first-order chi connectivity index (χ1) is 6.74. The summed E-state index contributed by atoms with van der Waals surface area (Å²) < 4.78 is 5.41. The van der Waals surface area contributed by atoms with E-state index in [2.05, 4.69) is 26.1 Å². The molecule has 1 atom stereocenters. The van der Waals surface area contributed by atoms with Crippen molar-refractivity contribution in [3.8, 4) is 0 Å². The van der Waals surface area contributed by atoms with Gasteiger partial charge < -0.3 is 10.1 Å². The van der Waals surface area contributed by atoms with Crippen LogP contribution in [0, 0.1) is 11.8 Å². The molecule has 0 aliphatic heterocycles. The number of nitrogens with one attached hydrogen (secondary N) is 1. The molecule has 1 fully saturated rings. The average Bonchev–Trinajstić information content (AvgIpc) is 2.94. The molecule has 1 unspecified atom stereocenters. The first-order valence-corrected chi connectivity index (χ1v) is 6.05. The molecular formula is C12H25NO. The molecule has 0 aromatic carbocycles. The minimum absolute atomic E-state index is 0.765. The predicted molar refractivity (Wildman–Crippen MR) is 60.5 cm³/mol. The van der Waals surface area contributed by atoms with Crippen molar-refractivity contribution in [2.24, 2.45) is 11.8 Å². The molecule has 0 aromatic heterocycles. The molecule has 1 aliphatic carbocycles. The highest BCUT2D eigenvalue weighted by molar-refractivity contribution is 4.82. The molecule has 84 valence electrons. The molecule has 1 saturated carbocycles. The van der Waals surface area contributed by atoms with E-state index in [1.54, 1.807) is 0 Å². The summed E-state index contributed by atoms with van der Waals surface area (Å²) in [6.07, 6.45) is 3.97. The van der Waals surface area contributed by atoms with Crippen molar-refractivity contribution < 1.29 is 4.74 Å². The van der Waals surface area contributed by atoms with E-state index in [0.29, 0.717) is 0 Å². The summed E-state index contributed by atoms with van der Waals surface area (Å²) in [5, 5.41) is 3.61. The minimum atomic E-state index is 0.765. The van der Waals surface area contributed by atoms with E-state index in [-0.39, 0.29) is 0 Å². The number of rotatable bonds is 8. The van der Waals surface area contributed by atoms with Crippen LogP contribution in [0.2, 0.25) is 0 Å². The van der Waals surface area contributed by atoms with Crippen LogP contribution >= 0.6 is 0 Å². The first kappa shape index (κ1) is 12.0. The topological polar surface area (TPSA) is 21.3 Å². The molecule has 1 rings (SSSR count). The second kappa shape index (κ2) is 6.41. The highest BCUT2D eigenvalue weighted by Gasteiger charge is 2.22. The molecule has 0 saturated heterocycles. The van der Waals surface area contributed by atoms with E-state index in [1.165, 1.54) is 25.8 Å². The molecule has 2 nitrogen and oxygen atoms in total. The maximum absolute atomic E-state index is 5.41. The van der Waals surface area contributed by atoms with Crippen LogP contribution in [0.1, 0.15) is 40.0 Å². The van der Waals surface area contributed by atoms with Crippen molar-refractivity contribution in [3.63, 3.8) is 0 Å². The molecule has 14 heavy (non-hydrogen) atoms. The lowest BCUT2D eigenvalue weighted by molar-refractivity contribution is 0.123. The fourth-order valence-electron chi connectivity index (χ4n) is 1.66. The third kappa shape index (κ3) is 4.97. The smallest absolute Gasteiger partial charge is 0.0469 e. The Morgan fingerprint density at radius 1 is 1.36 bits per heavy atom. The SMILES string of the molecule is CCOCCC(CNC1CC1)C(C)C. The quantitative estimate of drug-likeness (QED) is 0.606. The Balaban J connectivity index is 2.09. The second-order valence-corrected chi connectivity index (χ2v) is 4.67. The van der Waals surface area contributed by atoms with E-state index in [4.69, 9.17) is 4.74 Å². The lowest BCUT2D eigenvalue weighted by atomic mass is 9.93. The summed E-state index contributed by atoms with van der Waals surface area (Å²) in [6.45, 7) is 9.63. The van der Waals surface area contributed by atoms with Gasteiger partial charge in [-0.15, -0.1) is 0 Å². The maximum atomic E-state index is 5.41. The van der Waals surface area contributed by atoms with E-state index < -0.39 is 0 Å². The second-order valence-electron chi connectivity index (χ2n) is 4.67. The third-order valence-corrected chi connectivity index (χ3v) is 3.03. The van der Waals surface area contributed by atoms with Gasteiger partial charge in [0, 0.05) is 19.3 Å². The van der Waals surface area contributed by atoms with Crippen LogP contribution in [0.25, 0.3) is 0 Å². The Hall–Kier alpha value is -0.0800. The Kier molecular flexibility index (Phi) is 5.49. The van der Waals surface area contributed by atoms with Crippen molar-refractivity contribution >= 4 is 0 Å². The standard InChI is InChI=1S/C12H25NO/c1-4-14-8-7-11(10(2)3)9-13-12-5-6-12/h10-13H,4-9H2,1-3H3. The van der Waals surface area contributed by atoms with Crippen LogP contribution in [0.3, 0.4) is 0 Å². The van der Waals surface area contributed by atoms with Crippen LogP contribution in [0.5, 0.6) is 0 Å². The summed E-state index contributed by atoms with van der Waals surface area (Å²) in [5.74, 6) is 1.55. The molecule has 1 aliphatic rings. The molecule has 1 N–H and O–H groups in total. The van der Waals surface area contributed by atoms with E-state index in [1.807, 2.05) is 0 Å². The van der Waals surface area contributed by atoms with Crippen LogP contribution in [0.15, 0.2) is 0 Å². The monoisotopic (exact) mass is 199 g/mol. The van der Waals surface area contributed by atoms with Gasteiger partial charge in [-0.1, -0.05) is 13.8 Å². The van der Waals surface area contributed by atoms with E-state index in [9.17, 15) is 0 Å². The Bertz CT molecular complexity index is 143. The molecule has 0 radical (unpaired) electrons. The van der Waals surface area contributed by atoms with Crippen LogP contribution in [-0.4, -0.2) is 25.8 Å². The zero-order valence-corrected chi connectivity index (χ0v) is 9.88. The van der Waals surface area contributed by atoms with Crippen molar-refractivity contribution in [2.45, 2.75) is 46.1 Å². The van der Waals surface area contributed by atoms with Gasteiger partial charge in [0.25, 0.3) is 0 Å². The zero-order valence-electron chi connectivity index (χ0n) is 9.88. The van der Waals surface area contributed by atoms with Crippen molar-refractivity contribution in [3.05, 3.63) is 0 Å². The summed E-state index contributed by atoms with van der Waals surface area (Å²) in [6, 6.07) is 0.836.